The second-order valence-electron chi connectivity index (χ2n) is 8.53. The predicted octanol–water partition coefficient (Wildman–Crippen LogP) is 5.22. The van der Waals surface area contributed by atoms with Gasteiger partial charge in [-0.2, -0.15) is 0 Å². The summed E-state index contributed by atoms with van der Waals surface area (Å²) in [7, 11) is 0. The first-order valence-electron chi connectivity index (χ1n) is 11.7. The molecule has 33 heavy (non-hydrogen) atoms. The van der Waals surface area contributed by atoms with E-state index in [0.29, 0.717) is 23.1 Å². The zero-order valence-electron chi connectivity index (χ0n) is 19.1. The number of carbonyl (C=O) groups is 1. The normalized spacial score (nSPS) is 15.7. The molecule has 1 aromatic heterocycles. The van der Waals surface area contributed by atoms with Gasteiger partial charge in [0.05, 0.1) is 17.0 Å². The van der Waals surface area contributed by atoms with Crippen molar-refractivity contribution in [2.75, 3.05) is 26.2 Å². The van der Waals surface area contributed by atoms with Gasteiger partial charge in [0.15, 0.2) is 5.43 Å². The number of fused-ring (bicyclic) bond motifs is 4. The summed E-state index contributed by atoms with van der Waals surface area (Å²) < 4.78 is 6.26. The Balaban J connectivity index is 1.65. The molecule has 0 radical (unpaired) electrons. The fourth-order valence-electron chi connectivity index (χ4n) is 4.96. The second kappa shape index (κ2) is 8.83. The largest absolute Gasteiger partial charge is 0.450 e. The Morgan fingerprint density at radius 2 is 1.61 bits per heavy atom. The molecule has 0 saturated carbocycles. The SMILES string of the molecule is CCN(CC)CCCN1C(=O)c2oc3c(ccc4ccccc43)c(=O)c2C1c1ccccc1. The Morgan fingerprint density at radius 1 is 0.879 bits per heavy atom. The van der Waals surface area contributed by atoms with Crippen molar-refractivity contribution in [1.82, 2.24) is 9.80 Å². The van der Waals surface area contributed by atoms with E-state index in [4.69, 9.17) is 4.42 Å². The Kier molecular flexibility index (Phi) is 5.73. The monoisotopic (exact) mass is 440 g/mol. The maximum absolute atomic E-state index is 13.8. The molecular formula is C28H28N2O3. The molecule has 5 heteroatoms. The van der Waals surface area contributed by atoms with Crippen molar-refractivity contribution in [2.24, 2.45) is 0 Å². The third-order valence-corrected chi connectivity index (χ3v) is 6.74. The fourth-order valence-corrected chi connectivity index (χ4v) is 4.96. The number of carbonyl (C=O) groups excluding carboxylic acids is 1. The van der Waals surface area contributed by atoms with Gasteiger partial charge >= 0.3 is 0 Å². The van der Waals surface area contributed by atoms with Gasteiger partial charge in [-0.15, -0.1) is 0 Å². The molecule has 0 N–H and O–H groups in total. The minimum absolute atomic E-state index is 0.120. The first-order chi connectivity index (χ1) is 16.1. The van der Waals surface area contributed by atoms with Crippen molar-refractivity contribution < 1.29 is 9.21 Å². The molecule has 3 aromatic carbocycles. The lowest BCUT2D eigenvalue weighted by atomic mass is 9.97. The lowest BCUT2D eigenvalue weighted by Crippen LogP contribution is -2.33. The summed E-state index contributed by atoms with van der Waals surface area (Å²) in [6, 6.07) is 20.9. The van der Waals surface area contributed by atoms with Crippen LogP contribution in [0, 0.1) is 0 Å². The minimum atomic E-state index is -0.433. The summed E-state index contributed by atoms with van der Waals surface area (Å²) in [6.07, 6.45) is 0.835. The van der Waals surface area contributed by atoms with Crippen LogP contribution in [-0.4, -0.2) is 41.9 Å². The summed E-state index contributed by atoms with van der Waals surface area (Å²) in [5, 5.41) is 2.35. The molecular weight excluding hydrogens is 412 g/mol. The van der Waals surface area contributed by atoms with Crippen LogP contribution >= 0.6 is 0 Å². The van der Waals surface area contributed by atoms with E-state index in [0.717, 1.165) is 42.4 Å². The van der Waals surface area contributed by atoms with Crippen molar-refractivity contribution in [1.29, 1.82) is 0 Å². The fraction of sp³-hybridized carbons (Fsp3) is 0.286. The first kappa shape index (κ1) is 21.4. The van der Waals surface area contributed by atoms with Crippen LogP contribution in [0.2, 0.25) is 0 Å². The van der Waals surface area contributed by atoms with Gasteiger partial charge in [-0.3, -0.25) is 9.59 Å². The number of hydrogen-bond donors (Lipinski definition) is 0. The molecule has 168 valence electrons. The van der Waals surface area contributed by atoms with E-state index in [1.165, 1.54) is 0 Å². The molecule has 0 bridgehead atoms. The van der Waals surface area contributed by atoms with Gasteiger partial charge in [0.25, 0.3) is 5.91 Å². The van der Waals surface area contributed by atoms with Crippen LogP contribution in [0.4, 0.5) is 0 Å². The van der Waals surface area contributed by atoms with E-state index in [2.05, 4.69) is 18.7 Å². The zero-order chi connectivity index (χ0) is 22.9. The number of benzene rings is 3. The Labute approximate surface area is 193 Å². The molecule has 4 aromatic rings. The summed E-state index contributed by atoms with van der Waals surface area (Å²) in [5.74, 6) is -0.0223. The lowest BCUT2D eigenvalue weighted by Gasteiger charge is -2.26. The van der Waals surface area contributed by atoms with Crippen LogP contribution in [0.5, 0.6) is 0 Å². The minimum Gasteiger partial charge on any atom is -0.450 e. The summed E-state index contributed by atoms with van der Waals surface area (Å²) in [6.45, 7) is 7.71. The van der Waals surface area contributed by atoms with Crippen molar-refractivity contribution >= 4 is 27.6 Å². The van der Waals surface area contributed by atoms with Crippen molar-refractivity contribution in [3.05, 3.63) is 93.8 Å². The van der Waals surface area contributed by atoms with E-state index in [1.807, 2.05) is 71.6 Å². The van der Waals surface area contributed by atoms with Gasteiger partial charge in [-0.05, 0) is 43.1 Å². The Bertz CT molecular complexity index is 1370. The van der Waals surface area contributed by atoms with Crippen LogP contribution in [-0.2, 0) is 0 Å². The van der Waals surface area contributed by atoms with Crippen LogP contribution in [0.1, 0.15) is 48.0 Å². The molecule has 0 saturated heterocycles. The Hall–Kier alpha value is -3.44. The van der Waals surface area contributed by atoms with Crippen LogP contribution in [0.25, 0.3) is 21.7 Å². The first-order valence-corrected chi connectivity index (χ1v) is 11.7. The van der Waals surface area contributed by atoms with Gasteiger partial charge in [0, 0.05) is 11.9 Å². The van der Waals surface area contributed by atoms with Crippen LogP contribution < -0.4 is 5.43 Å². The van der Waals surface area contributed by atoms with Gasteiger partial charge in [-0.25, -0.2) is 0 Å². The van der Waals surface area contributed by atoms with Crippen molar-refractivity contribution in [3.63, 3.8) is 0 Å². The van der Waals surface area contributed by atoms with Crippen molar-refractivity contribution in [3.8, 4) is 0 Å². The number of nitrogens with zero attached hydrogens (tertiary/aromatic N) is 2. The smallest absolute Gasteiger partial charge is 0.290 e. The second-order valence-corrected chi connectivity index (χ2v) is 8.53. The van der Waals surface area contributed by atoms with E-state index < -0.39 is 6.04 Å². The highest BCUT2D eigenvalue weighted by atomic mass is 16.3. The molecule has 0 spiro atoms. The maximum Gasteiger partial charge on any atom is 0.290 e. The van der Waals surface area contributed by atoms with Gasteiger partial charge in [-0.1, -0.05) is 74.5 Å². The van der Waals surface area contributed by atoms with Gasteiger partial charge < -0.3 is 14.2 Å². The van der Waals surface area contributed by atoms with Gasteiger partial charge in [0.2, 0.25) is 5.76 Å². The average molecular weight is 441 g/mol. The highest BCUT2D eigenvalue weighted by Gasteiger charge is 2.42. The molecule has 0 fully saturated rings. The highest BCUT2D eigenvalue weighted by molar-refractivity contribution is 6.06. The topological polar surface area (TPSA) is 53.8 Å². The summed E-state index contributed by atoms with van der Waals surface area (Å²) >= 11 is 0. The van der Waals surface area contributed by atoms with Crippen LogP contribution in [0.15, 0.2) is 75.9 Å². The number of amides is 1. The molecule has 1 aliphatic rings. The van der Waals surface area contributed by atoms with E-state index in [1.54, 1.807) is 0 Å². The van der Waals surface area contributed by atoms with E-state index in [9.17, 15) is 9.59 Å². The quantitative estimate of drug-likeness (QED) is 0.370. The molecule has 5 rings (SSSR count). The Morgan fingerprint density at radius 3 is 2.36 bits per heavy atom. The maximum atomic E-state index is 13.8. The van der Waals surface area contributed by atoms with E-state index >= 15 is 0 Å². The van der Waals surface area contributed by atoms with Crippen molar-refractivity contribution in [2.45, 2.75) is 26.3 Å². The summed E-state index contributed by atoms with van der Waals surface area (Å²) in [5.41, 5.74) is 1.75. The summed E-state index contributed by atoms with van der Waals surface area (Å²) in [4.78, 5) is 31.5. The molecule has 5 nitrogen and oxygen atoms in total. The molecule has 1 amide bonds. The number of rotatable bonds is 7. The third-order valence-electron chi connectivity index (χ3n) is 6.74. The van der Waals surface area contributed by atoms with E-state index in [-0.39, 0.29) is 17.1 Å². The molecule has 1 unspecified atom stereocenters. The number of hydrogen-bond acceptors (Lipinski definition) is 4. The third kappa shape index (κ3) is 3.62. The average Bonchev–Trinajstić information content (AvgIpc) is 3.14. The molecule has 2 heterocycles. The predicted molar refractivity (Wildman–Crippen MR) is 132 cm³/mol. The lowest BCUT2D eigenvalue weighted by molar-refractivity contribution is 0.0720. The zero-order valence-corrected chi connectivity index (χ0v) is 19.1. The standard InChI is InChI=1S/C28H28N2O3/c1-3-29(4-2)17-10-18-30-24(20-12-6-5-7-13-20)23-25(31)22-16-15-19-11-8-9-14-21(19)26(22)33-27(23)28(30)32/h5-9,11-16,24H,3-4,10,17-18H2,1-2H3. The molecule has 1 aliphatic heterocycles. The van der Waals surface area contributed by atoms with Crippen LogP contribution in [0.3, 0.4) is 0 Å². The highest BCUT2D eigenvalue weighted by Crippen LogP contribution is 2.39. The van der Waals surface area contributed by atoms with Gasteiger partial charge in [0.1, 0.15) is 5.58 Å². The molecule has 0 aliphatic carbocycles. The molecule has 1 atom stereocenters.